The van der Waals surface area contributed by atoms with Crippen molar-refractivity contribution in [1.82, 2.24) is 14.6 Å². The van der Waals surface area contributed by atoms with Gasteiger partial charge in [0.2, 0.25) is 0 Å². The monoisotopic (exact) mass is 250 g/mol. The van der Waals surface area contributed by atoms with Crippen molar-refractivity contribution >= 4 is 22.6 Å². The Labute approximate surface area is 108 Å². The Morgan fingerprint density at radius 2 is 1.74 bits per heavy atom. The second-order valence-corrected chi connectivity index (χ2v) is 4.33. The molecule has 0 spiro atoms. The number of aromatic nitrogens is 3. The van der Waals surface area contributed by atoms with E-state index in [9.17, 15) is 0 Å². The summed E-state index contributed by atoms with van der Waals surface area (Å²) < 4.78 is 7.55. The molecule has 0 bridgehead atoms. The third-order valence-electron chi connectivity index (χ3n) is 3.11. The van der Waals surface area contributed by atoms with Crippen LogP contribution in [0.4, 0.5) is 5.69 Å². The number of fused-ring (bicyclic) bond motifs is 3. The highest BCUT2D eigenvalue weighted by Crippen LogP contribution is 2.26. The molecule has 0 aliphatic heterocycles. The molecule has 2 N–H and O–H groups in total. The zero-order chi connectivity index (χ0) is 12.8. The molecule has 2 aromatic carbocycles. The van der Waals surface area contributed by atoms with E-state index in [4.69, 9.17) is 10.2 Å². The van der Waals surface area contributed by atoms with Gasteiger partial charge in [-0.3, -0.25) is 0 Å². The van der Waals surface area contributed by atoms with E-state index in [1.54, 1.807) is 0 Å². The fraction of sp³-hybridized carbons (Fsp3) is 0. The summed E-state index contributed by atoms with van der Waals surface area (Å²) >= 11 is 0. The summed E-state index contributed by atoms with van der Waals surface area (Å²) in [5.41, 5.74) is 9.13. The highest BCUT2D eigenvalue weighted by atomic mass is 16.4. The van der Waals surface area contributed by atoms with Gasteiger partial charge in [0.25, 0.3) is 0 Å². The van der Waals surface area contributed by atoms with E-state index in [1.165, 1.54) is 0 Å². The van der Waals surface area contributed by atoms with Gasteiger partial charge in [0.15, 0.2) is 11.4 Å². The molecule has 0 aliphatic rings. The van der Waals surface area contributed by atoms with Crippen LogP contribution in [0.25, 0.3) is 28.3 Å². The van der Waals surface area contributed by atoms with Crippen LogP contribution < -0.4 is 5.73 Å². The molecule has 0 aliphatic carbocycles. The second kappa shape index (κ2) is 3.58. The molecule has 0 saturated carbocycles. The van der Waals surface area contributed by atoms with Crippen LogP contribution in [0, 0.1) is 0 Å². The minimum atomic E-state index is 0.494. The summed E-state index contributed by atoms with van der Waals surface area (Å²) in [5.74, 6) is 1.24. The highest BCUT2D eigenvalue weighted by molar-refractivity contribution is 5.79. The molecule has 0 atom stereocenters. The molecular formula is C14H10N4O. The first-order valence-corrected chi connectivity index (χ1v) is 5.91. The lowest BCUT2D eigenvalue weighted by Gasteiger charge is -1.99. The predicted molar refractivity (Wildman–Crippen MR) is 72.6 cm³/mol. The lowest BCUT2D eigenvalue weighted by atomic mass is 10.2. The maximum absolute atomic E-state index is 5.70. The van der Waals surface area contributed by atoms with Gasteiger partial charge in [-0.05, 0) is 36.4 Å². The van der Waals surface area contributed by atoms with Crippen molar-refractivity contribution in [3.63, 3.8) is 0 Å². The average Bonchev–Trinajstić information content (AvgIpc) is 2.98. The molecule has 0 amide bonds. The molecule has 92 valence electrons. The van der Waals surface area contributed by atoms with E-state index < -0.39 is 0 Å². The van der Waals surface area contributed by atoms with Crippen molar-refractivity contribution in [3.8, 4) is 11.4 Å². The number of hydrogen-bond acceptors (Lipinski definition) is 4. The molecule has 2 aromatic heterocycles. The van der Waals surface area contributed by atoms with Gasteiger partial charge in [-0.1, -0.05) is 17.2 Å². The third-order valence-corrected chi connectivity index (χ3v) is 3.11. The van der Waals surface area contributed by atoms with Crippen molar-refractivity contribution in [2.75, 3.05) is 5.73 Å². The van der Waals surface area contributed by atoms with Crippen LogP contribution in [0.15, 0.2) is 52.9 Å². The Morgan fingerprint density at radius 3 is 2.58 bits per heavy atom. The molecule has 0 unspecified atom stereocenters. The van der Waals surface area contributed by atoms with Gasteiger partial charge < -0.3 is 10.2 Å². The van der Waals surface area contributed by atoms with E-state index in [0.717, 1.165) is 28.2 Å². The first-order valence-electron chi connectivity index (χ1n) is 5.91. The molecule has 5 nitrogen and oxygen atoms in total. The Balaban J connectivity index is 2.06. The van der Waals surface area contributed by atoms with E-state index in [0.29, 0.717) is 5.84 Å². The quantitative estimate of drug-likeness (QED) is 0.527. The number of hydrogen-bond donors (Lipinski definition) is 1. The first kappa shape index (κ1) is 10.1. The summed E-state index contributed by atoms with van der Waals surface area (Å²) in [7, 11) is 0. The van der Waals surface area contributed by atoms with Gasteiger partial charge in [-0.15, -0.1) is 5.10 Å². The molecule has 4 rings (SSSR count). The zero-order valence-electron chi connectivity index (χ0n) is 9.95. The van der Waals surface area contributed by atoms with Crippen molar-refractivity contribution in [2.24, 2.45) is 0 Å². The zero-order valence-corrected chi connectivity index (χ0v) is 9.95. The van der Waals surface area contributed by atoms with Crippen LogP contribution in [0.2, 0.25) is 0 Å². The lowest BCUT2D eigenvalue weighted by Crippen LogP contribution is -1.89. The lowest BCUT2D eigenvalue weighted by molar-refractivity contribution is 0.637. The fourth-order valence-corrected chi connectivity index (χ4v) is 2.20. The molecule has 0 fully saturated rings. The van der Waals surface area contributed by atoms with Crippen LogP contribution in [0.5, 0.6) is 0 Å². The van der Waals surface area contributed by atoms with Crippen LogP contribution in [0.1, 0.15) is 0 Å². The van der Waals surface area contributed by atoms with Gasteiger partial charge in [0.1, 0.15) is 0 Å². The normalized spacial score (nSPS) is 11.4. The van der Waals surface area contributed by atoms with E-state index in [-0.39, 0.29) is 0 Å². The van der Waals surface area contributed by atoms with Gasteiger partial charge in [-0.25, -0.2) is 4.40 Å². The Kier molecular flexibility index (Phi) is 1.91. The van der Waals surface area contributed by atoms with Gasteiger partial charge in [-0.2, -0.15) is 0 Å². The molecule has 4 aromatic rings. The fourth-order valence-electron chi connectivity index (χ4n) is 2.20. The number of benzene rings is 2. The summed E-state index contributed by atoms with van der Waals surface area (Å²) in [5, 5.41) is 8.25. The average molecular weight is 250 g/mol. The Morgan fingerprint density at radius 1 is 0.947 bits per heavy atom. The molecule has 0 saturated heterocycles. The SMILES string of the molecule is Nc1ccc(-c2nnc3oc4ccccc4n23)cc1. The molecule has 0 radical (unpaired) electrons. The number of para-hydroxylation sites is 2. The summed E-state index contributed by atoms with van der Waals surface area (Å²) in [6.45, 7) is 0. The largest absolute Gasteiger partial charge is 0.422 e. The summed E-state index contributed by atoms with van der Waals surface area (Å²) in [6, 6.07) is 15.3. The highest BCUT2D eigenvalue weighted by Gasteiger charge is 2.14. The van der Waals surface area contributed by atoms with E-state index >= 15 is 0 Å². The van der Waals surface area contributed by atoms with Gasteiger partial charge in [0, 0.05) is 11.3 Å². The number of nitrogens with two attached hydrogens (primary N) is 1. The number of nitrogen functional groups attached to an aromatic ring is 1. The molecule has 2 heterocycles. The van der Waals surface area contributed by atoms with Crippen LogP contribution >= 0.6 is 0 Å². The van der Waals surface area contributed by atoms with Gasteiger partial charge >= 0.3 is 5.84 Å². The Hall–Kier alpha value is -2.82. The maximum Gasteiger partial charge on any atom is 0.327 e. The third kappa shape index (κ3) is 1.41. The molecule has 19 heavy (non-hydrogen) atoms. The van der Waals surface area contributed by atoms with Crippen LogP contribution in [-0.4, -0.2) is 14.6 Å². The Bertz CT molecular complexity index is 873. The van der Waals surface area contributed by atoms with E-state index in [1.807, 2.05) is 52.9 Å². The van der Waals surface area contributed by atoms with Gasteiger partial charge in [0.05, 0.1) is 5.52 Å². The standard InChI is InChI=1S/C14H10N4O/c15-10-7-5-9(6-8-10)13-16-17-14-18(13)11-3-1-2-4-12(11)19-14/h1-8H,15H2. The van der Waals surface area contributed by atoms with Crippen molar-refractivity contribution in [3.05, 3.63) is 48.5 Å². The van der Waals surface area contributed by atoms with E-state index in [2.05, 4.69) is 10.2 Å². The second-order valence-electron chi connectivity index (χ2n) is 4.33. The number of rotatable bonds is 1. The molecular weight excluding hydrogens is 240 g/mol. The van der Waals surface area contributed by atoms with Crippen molar-refractivity contribution in [1.29, 1.82) is 0 Å². The molecule has 5 heteroatoms. The number of oxazole rings is 1. The minimum Gasteiger partial charge on any atom is -0.422 e. The summed E-state index contributed by atoms with van der Waals surface area (Å²) in [6.07, 6.45) is 0. The maximum atomic E-state index is 5.70. The van der Waals surface area contributed by atoms with Crippen LogP contribution in [-0.2, 0) is 0 Å². The number of anilines is 1. The summed E-state index contributed by atoms with van der Waals surface area (Å²) in [4.78, 5) is 0. The number of nitrogens with zero attached hydrogens (tertiary/aromatic N) is 3. The smallest absolute Gasteiger partial charge is 0.327 e. The van der Waals surface area contributed by atoms with Crippen molar-refractivity contribution in [2.45, 2.75) is 0 Å². The predicted octanol–water partition coefficient (Wildman–Crippen LogP) is 2.72. The van der Waals surface area contributed by atoms with Crippen molar-refractivity contribution < 1.29 is 4.42 Å². The topological polar surface area (TPSA) is 69.3 Å². The van der Waals surface area contributed by atoms with Crippen LogP contribution in [0.3, 0.4) is 0 Å². The minimum absolute atomic E-state index is 0.494. The first-order chi connectivity index (χ1) is 9.33.